The van der Waals surface area contributed by atoms with Crippen molar-refractivity contribution < 1.29 is 39.3 Å². The summed E-state index contributed by atoms with van der Waals surface area (Å²) in [5.74, 6) is -4.07. The highest BCUT2D eigenvalue weighted by Gasteiger charge is 2.32. The van der Waals surface area contributed by atoms with Gasteiger partial charge in [0.15, 0.2) is 0 Å². The van der Waals surface area contributed by atoms with Gasteiger partial charge in [-0.2, -0.15) is 11.8 Å². The maximum Gasteiger partial charge on any atom is 0.326 e. The lowest BCUT2D eigenvalue weighted by atomic mass is 10.0. The summed E-state index contributed by atoms with van der Waals surface area (Å²) in [5, 5.41) is 35.9. The first-order valence-electron chi connectivity index (χ1n) is 11.5. The number of benzene rings is 1. The molecule has 5 unspecified atom stereocenters. The van der Waals surface area contributed by atoms with Gasteiger partial charge in [0, 0.05) is 6.42 Å². The zero-order valence-corrected chi connectivity index (χ0v) is 21.5. The van der Waals surface area contributed by atoms with E-state index in [1.165, 1.54) is 30.8 Å². The van der Waals surface area contributed by atoms with Crippen molar-refractivity contribution in [2.75, 3.05) is 12.0 Å². The molecule has 10 N–H and O–H groups in total. The minimum atomic E-state index is -1.51. The quantitative estimate of drug-likeness (QED) is 0.117. The number of amides is 4. The number of hydrogen-bond donors (Lipinski definition) is 8. The molecule has 0 heterocycles. The van der Waals surface area contributed by atoms with E-state index in [9.17, 15) is 39.3 Å². The van der Waals surface area contributed by atoms with Crippen molar-refractivity contribution >= 4 is 41.4 Å². The fourth-order valence-electron chi connectivity index (χ4n) is 3.23. The molecule has 0 radical (unpaired) electrons. The van der Waals surface area contributed by atoms with Gasteiger partial charge < -0.3 is 42.7 Å². The smallest absolute Gasteiger partial charge is 0.326 e. The molecule has 206 valence electrons. The summed E-state index contributed by atoms with van der Waals surface area (Å²) in [5.41, 5.74) is 11.7. The molecule has 0 aromatic heterocycles. The number of phenolic OH excluding ortho intramolecular Hbond substituents is 1. The van der Waals surface area contributed by atoms with Crippen LogP contribution in [-0.4, -0.2) is 87.2 Å². The molecular weight excluding hydrogens is 506 g/mol. The fourth-order valence-corrected chi connectivity index (χ4v) is 3.70. The van der Waals surface area contributed by atoms with E-state index in [-0.39, 0.29) is 31.4 Å². The van der Waals surface area contributed by atoms with E-state index in [1.807, 2.05) is 0 Å². The van der Waals surface area contributed by atoms with Crippen molar-refractivity contribution in [3.05, 3.63) is 29.8 Å². The molecule has 0 aliphatic heterocycles. The molecule has 0 aliphatic rings. The van der Waals surface area contributed by atoms with Gasteiger partial charge in [-0.15, -0.1) is 0 Å². The first kappa shape index (κ1) is 31.7. The van der Waals surface area contributed by atoms with E-state index in [0.29, 0.717) is 11.3 Å². The van der Waals surface area contributed by atoms with Gasteiger partial charge in [0.2, 0.25) is 23.6 Å². The lowest BCUT2D eigenvalue weighted by Crippen LogP contribution is -2.60. The van der Waals surface area contributed by atoms with Crippen LogP contribution in [0.25, 0.3) is 0 Å². The standard InChI is InChI=1S/C23H35N5O8S/c1-12(29)19(28-20(32)15(24)11-13-3-5-14(30)6-4-13)22(34)26-16(7-8-18(25)31)21(33)27-17(23(35)36)9-10-37-2/h3-6,12,15-17,19,29-30H,7-11,24H2,1-2H3,(H2,25,31)(H,26,34)(H,27,33)(H,28,32)(H,35,36). The fraction of sp³-hybridized carbons (Fsp3) is 0.522. The van der Waals surface area contributed by atoms with Crippen LogP contribution in [0.15, 0.2) is 24.3 Å². The normalized spacial score (nSPS) is 14.9. The predicted octanol–water partition coefficient (Wildman–Crippen LogP) is -1.80. The number of aliphatic hydroxyl groups is 1. The molecule has 4 amide bonds. The number of thioether (sulfide) groups is 1. The number of primary amides is 1. The Bertz CT molecular complexity index is 944. The van der Waals surface area contributed by atoms with Crippen LogP contribution in [0.1, 0.15) is 31.7 Å². The Morgan fingerprint density at radius 1 is 0.946 bits per heavy atom. The Morgan fingerprint density at radius 3 is 2.05 bits per heavy atom. The van der Waals surface area contributed by atoms with Gasteiger partial charge in [-0.3, -0.25) is 19.2 Å². The summed E-state index contributed by atoms with van der Waals surface area (Å²) < 4.78 is 0. The number of phenols is 1. The van der Waals surface area contributed by atoms with Gasteiger partial charge in [-0.25, -0.2) is 4.79 Å². The van der Waals surface area contributed by atoms with Crippen LogP contribution in [0, 0.1) is 0 Å². The molecule has 0 saturated heterocycles. The predicted molar refractivity (Wildman–Crippen MR) is 136 cm³/mol. The second kappa shape index (κ2) is 15.7. The zero-order chi connectivity index (χ0) is 28.1. The number of carboxylic acid groups (broad SMARTS) is 1. The Balaban J connectivity index is 2.94. The summed E-state index contributed by atoms with van der Waals surface area (Å²) in [4.78, 5) is 61.1. The third-order valence-electron chi connectivity index (χ3n) is 5.33. The van der Waals surface area contributed by atoms with Crippen LogP contribution in [0.2, 0.25) is 0 Å². The molecule has 0 spiro atoms. The summed E-state index contributed by atoms with van der Waals surface area (Å²) in [6.07, 6.45) is 0.0726. The Kier molecular flexibility index (Phi) is 13.4. The molecule has 0 saturated carbocycles. The lowest BCUT2D eigenvalue weighted by Gasteiger charge is -2.26. The largest absolute Gasteiger partial charge is 0.508 e. The second-order valence-corrected chi connectivity index (χ2v) is 9.44. The second-order valence-electron chi connectivity index (χ2n) is 8.45. The van der Waals surface area contributed by atoms with Gasteiger partial charge in [0.05, 0.1) is 12.1 Å². The Labute approximate surface area is 218 Å². The van der Waals surface area contributed by atoms with Crippen LogP contribution in [0.5, 0.6) is 5.75 Å². The summed E-state index contributed by atoms with van der Waals surface area (Å²) in [6.45, 7) is 1.25. The number of aromatic hydroxyl groups is 1. The Hall–Kier alpha value is -3.36. The monoisotopic (exact) mass is 541 g/mol. The van der Waals surface area contributed by atoms with Gasteiger partial charge in [0.1, 0.15) is 23.9 Å². The van der Waals surface area contributed by atoms with Crippen LogP contribution >= 0.6 is 11.8 Å². The first-order chi connectivity index (χ1) is 17.3. The number of nitrogens with one attached hydrogen (secondary N) is 3. The van der Waals surface area contributed by atoms with Crippen LogP contribution in [0.3, 0.4) is 0 Å². The molecule has 1 aromatic carbocycles. The van der Waals surface area contributed by atoms with Crippen molar-refractivity contribution in [2.45, 2.75) is 62.9 Å². The number of hydrogen-bond acceptors (Lipinski definition) is 9. The average Bonchev–Trinajstić information content (AvgIpc) is 2.83. The number of carbonyl (C=O) groups is 5. The van der Waals surface area contributed by atoms with Gasteiger partial charge in [0.25, 0.3) is 0 Å². The average molecular weight is 542 g/mol. The van der Waals surface area contributed by atoms with Gasteiger partial charge in [-0.05, 0) is 55.9 Å². The molecular formula is C23H35N5O8S. The molecule has 37 heavy (non-hydrogen) atoms. The zero-order valence-electron chi connectivity index (χ0n) is 20.7. The molecule has 0 fully saturated rings. The first-order valence-corrected chi connectivity index (χ1v) is 12.9. The SMILES string of the molecule is CSCCC(NC(=O)C(CCC(N)=O)NC(=O)C(NC(=O)C(N)Cc1ccc(O)cc1)C(C)O)C(=O)O. The highest BCUT2D eigenvalue weighted by Crippen LogP contribution is 2.11. The molecule has 14 heteroatoms. The highest BCUT2D eigenvalue weighted by molar-refractivity contribution is 7.98. The maximum atomic E-state index is 12.9. The number of rotatable bonds is 16. The molecule has 1 aromatic rings. The van der Waals surface area contributed by atoms with Crippen LogP contribution in [-0.2, 0) is 30.4 Å². The van der Waals surface area contributed by atoms with Gasteiger partial charge in [-0.1, -0.05) is 12.1 Å². The number of carbonyl (C=O) groups excluding carboxylic acids is 4. The summed E-state index contributed by atoms with van der Waals surface area (Å²) in [7, 11) is 0. The third-order valence-corrected chi connectivity index (χ3v) is 5.97. The highest BCUT2D eigenvalue weighted by atomic mass is 32.2. The number of aliphatic hydroxyl groups excluding tert-OH is 1. The van der Waals surface area contributed by atoms with E-state index in [0.717, 1.165) is 0 Å². The lowest BCUT2D eigenvalue weighted by molar-refractivity contribution is -0.142. The minimum absolute atomic E-state index is 0.0430. The van der Waals surface area contributed by atoms with E-state index < -0.39 is 59.9 Å². The Morgan fingerprint density at radius 2 is 1.54 bits per heavy atom. The number of carboxylic acids is 1. The van der Waals surface area contributed by atoms with Crippen molar-refractivity contribution in [3.8, 4) is 5.75 Å². The summed E-state index contributed by atoms with van der Waals surface area (Å²) in [6, 6.07) is 0.825. The van der Waals surface area contributed by atoms with Crippen LogP contribution in [0.4, 0.5) is 0 Å². The number of nitrogens with two attached hydrogens (primary N) is 2. The van der Waals surface area contributed by atoms with Crippen LogP contribution < -0.4 is 27.4 Å². The minimum Gasteiger partial charge on any atom is -0.508 e. The summed E-state index contributed by atoms with van der Waals surface area (Å²) >= 11 is 1.39. The molecule has 0 bridgehead atoms. The van der Waals surface area contributed by atoms with Crippen molar-refractivity contribution in [1.82, 2.24) is 16.0 Å². The maximum absolute atomic E-state index is 12.9. The topological polar surface area (TPSA) is 234 Å². The van der Waals surface area contributed by atoms with E-state index in [1.54, 1.807) is 18.4 Å². The van der Waals surface area contributed by atoms with E-state index >= 15 is 0 Å². The molecule has 0 aliphatic carbocycles. The van der Waals surface area contributed by atoms with Crippen molar-refractivity contribution in [1.29, 1.82) is 0 Å². The third kappa shape index (κ3) is 11.5. The molecule has 13 nitrogen and oxygen atoms in total. The van der Waals surface area contributed by atoms with Crippen molar-refractivity contribution in [2.24, 2.45) is 11.5 Å². The van der Waals surface area contributed by atoms with Gasteiger partial charge >= 0.3 is 5.97 Å². The molecule has 5 atom stereocenters. The van der Waals surface area contributed by atoms with E-state index in [2.05, 4.69) is 16.0 Å². The van der Waals surface area contributed by atoms with Crippen molar-refractivity contribution in [3.63, 3.8) is 0 Å². The van der Waals surface area contributed by atoms with E-state index in [4.69, 9.17) is 11.5 Å². The molecule has 1 rings (SSSR count). The number of aliphatic carboxylic acids is 1.